The number of aliphatic hydroxyl groups is 1. The molecule has 0 bridgehead atoms. The molecule has 1 aromatic rings. The van der Waals surface area contributed by atoms with Gasteiger partial charge in [0.25, 0.3) is 5.91 Å². The maximum atomic E-state index is 11.7. The Morgan fingerprint density at radius 3 is 2.71 bits per heavy atom. The molecule has 3 N–H and O–H groups in total. The summed E-state index contributed by atoms with van der Waals surface area (Å²) in [5, 5.41) is 20.5. The molecule has 1 rings (SSSR count). The number of carbonyl (C=O) groups is 2. The molecule has 1 atom stereocenters. The molecule has 0 aliphatic heterocycles. The van der Waals surface area contributed by atoms with E-state index in [2.05, 4.69) is 5.32 Å². The van der Waals surface area contributed by atoms with Crippen molar-refractivity contribution in [3.63, 3.8) is 0 Å². The highest BCUT2D eigenvalue weighted by Crippen LogP contribution is 2.04. The van der Waals surface area contributed by atoms with Gasteiger partial charge in [-0.25, -0.2) is 4.79 Å². The van der Waals surface area contributed by atoms with Crippen molar-refractivity contribution >= 4 is 11.9 Å². The Bertz CT molecular complexity index is 423. The monoisotopic (exact) mass is 240 g/mol. The van der Waals surface area contributed by atoms with Crippen molar-refractivity contribution < 1.29 is 19.8 Å². The summed E-state index contributed by atoms with van der Waals surface area (Å²) in [5.74, 6) is -1.78. The quantitative estimate of drug-likeness (QED) is 0.679. The van der Waals surface area contributed by atoms with E-state index >= 15 is 0 Å². The van der Waals surface area contributed by atoms with Crippen LogP contribution in [0.2, 0.25) is 0 Å². The van der Waals surface area contributed by atoms with Crippen LogP contribution in [-0.4, -0.2) is 38.8 Å². The summed E-state index contributed by atoms with van der Waals surface area (Å²) >= 11 is 0. The SMILES string of the molecule is CCn1cccc1C(=O)NCC(C)(O)C(=O)O. The van der Waals surface area contributed by atoms with Crippen molar-refractivity contribution in [2.45, 2.75) is 26.0 Å². The molecule has 0 spiro atoms. The third-order valence-corrected chi connectivity index (χ3v) is 2.46. The largest absolute Gasteiger partial charge is 0.479 e. The Morgan fingerprint density at radius 1 is 1.53 bits per heavy atom. The fourth-order valence-corrected chi connectivity index (χ4v) is 1.31. The second-order valence-corrected chi connectivity index (χ2v) is 3.94. The summed E-state index contributed by atoms with van der Waals surface area (Å²) in [6, 6.07) is 3.36. The minimum Gasteiger partial charge on any atom is -0.479 e. The smallest absolute Gasteiger partial charge is 0.337 e. The number of carbonyl (C=O) groups excluding carboxylic acids is 1. The molecular weight excluding hydrogens is 224 g/mol. The van der Waals surface area contributed by atoms with E-state index < -0.39 is 17.5 Å². The van der Waals surface area contributed by atoms with Gasteiger partial charge in [0.1, 0.15) is 5.69 Å². The van der Waals surface area contributed by atoms with Crippen LogP contribution < -0.4 is 5.32 Å². The number of aryl methyl sites for hydroxylation is 1. The normalized spacial score (nSPS) is 14.1. The first-order chi connectivity index (χ1) is 7.88. The summed E-state index contributed by atoms with van der Waals surface area (Å²) < 4.78 is 1.73. The fourth-order valence-electron chi connectivity index (χ4n) is 1.31. The molecule has 1 unspecified atom stereocenters. The molecule has 0 saturated heterocycles. The van der Waals surface area contributed by atoms with Crippen molar-refractivity contribution in [2.24, 2.45) is 0 Å². The molecule has 0 aliphatic carbocycles. The van der Waals surface area contributed by atoms with Gasteiger partial charge in [-0.1, -0.05) is 0 Å². The second-order valence-electron chi connectivity index (χ2n) is 3.94. The van der Waals surface area contributed by atoms with Crippen molar-refractivity contribution in [1.82, 2.24) is 9.88 Å². The van der Waals surface area contributed by atoms with Crippen LogP contribution in [0.15, 0.2) is 18.3 Å². The lowest BCUT2D eigenvalue weighted by atomic mass is 10.1. The van der Waals surface area contributed by atoms with Crippen LogP contribution in [0.5, 0.6) is 0 Å². The lowest BCUT2D eigenvalue weighted by Crippen LogP contribution is -2.46. The van der Waals surface area contributed by atoms with Crippen molar-refractivity contribution in [3.8, 4) is 0 Å². The van der Waals surface area contributed by atoms with Crippen LogP contribution in [0.4, 0.5) is 0 Å². The Hall–Kier alpha value is -1.82. The number of hydrogen-bond acceptors (Lipinski definition) is 3. The third kappa shape index (κ3) is 3.07. The van der Waals surface area contributed by atoms with E-state index in [1.54, 1.807) is 22.9 Å². The van der Waals surface area contributed by atoms with Crippen LogP contribution in [0.25, 0.3) is 0 Å². The molecule has 0 fully saturated rings. The van der Waals surface area contributed by atoms with Gasteiger partial charge in [0.15, 0.2) is 5.60 Å². The summed E-state index contributed by atoms with van der Waals surface area (Å²) in [6.07, 6.45) is 1.75. The third-order valence-electron chi connectivity index (χ3n) is 2.46. The fraction of sp³-hybridized carbons (Fsp3) is 0.455. The maximum absolute atomic E-state index is 11.7. The van der Waals surface area contributed by atoms with Crippen LogP contribution >= 0.6 is 0 Å². The Morgan fingerprint density at radius 2 is 2.18 bits per heavy atom. The Labute approximate surface area is 98.9 Å². The lowest BCUT2D eigenvalue weighted by Gasteiger charge is -2.18. The average molecular weight is 240 g/mol. The van der Waals surface area contributed by atoms with Gasteiger partial charge < -0.3 is 20.1 Å². The van der Waals surface area contributed by atoms with Crippen LogP contribution in [0.1, 0.15) is 24.3 Å². The minimum atomic E-state index is -1.96. The second kappa shape index (κ2) is 5.01. The van der Waals surface area contributed by atoms with E-state index in [-0.39, 0.29) is 6.54 Å². The summed E-state index contributed by atoms with van der Waals surface area (Å²) in [6.45, 7) is 3.33. The number of aliphatic carboxylic acids is 1. The predicted molar refractivity (Wildman–Crippen MR) is 60.7 cm³/mol. The number of hydrogen-bond donors (Lipinski definition) is 3. The van der Waals surface area contributed by atoms with Gasteiger partial charge in [0, 0.05) is 12.7 Å². The number of nitrogens with one attached hydrogen (secondary N) is 1. The highest BCUT2D eigenvalue weighted by atomic mass is 16.4. The molecule has 1 aromatic heterocycles. The first-order valence-electron chi connectivity index (χ1n) is 5.27. The molecule has 94 valence electrons. The number of amides is 1. The molecule has 0 aromatic carbocycles. The van der Waals surface area contributed by atoms with E-state index in [9.17, 15) is 14.7 Å². The lowest BCUT2D eigenvalue weighted by molar-refractivity contribution is -0.155. The van der Waals surface area contributed by atoms with E-state index in [0.29, 0.717) is 12.2 Å². The van der Waals surface area contributed by atoms with Crippen molar-refractivity contribution in [3.05, 3.63) is 24.0 Å². The van der Waals surface area contributed by atoms with Gasteiger partial charge in [-0.15, -0.1) is 0 Å². The molecule has 1 amide bonds. The zero-order valence-corrected chi connectivity index (χ0v) is 9.80. The molecule has 6 nitrogen and oxygen atoms in total. The van der Waals surface area contributed by atoms with Gasteiger partial charge in [-0.05, 0) is 26.0 Å². The predicted octanol–water partition coefficient (Wildman–Crippen LogP) is 0.0734. The van der Waals surface area contributed by atoms with Gasteiger partial charge in [0.2, 0.25) is 0 Å². The van der Waals surface area contributed by atoms with Gasteiger partial charge in [-0.2, -0.15) is 0 Å². The Balaban J connectivity index is 2.65. The van der Waals surface area contributed by atoms with E-state index in [1.165, 1.54) is 0 Å². The first kappa shape index (κ1) is 13.2. The Kier molecular flexibility index (Phi) is 3.90. The van der Waals surface area contributed by atoms with Crippen LogP contribution in [0.3, 0.4) is 0 Å². The molecule has 0 radical (unpaired) electrons. The van der Waals surface area contributed by atoms with E-state index in [0.717, 1.165) is 6.92 Å². The van der Waals surface area contributed by atoms with Gasteiger partial charge in [0.05, 0.1) is 6.54 Å². The van der Waals surface area contributed by atoms with Crippen molar-refractivity contribution in [2.75, 3.05) is 6.54 Å². The molecule has 1 heterocycles. The standard InChI is InChI=1S/C11H16N2O4/c1-3-13-6-4-5-8(13)9(14)12-7-11(2,17)10(15)16/h4-6,17H,3,7H2,1-2H3,(H,12,14)(H,15,16). The highest BCUT2D eigenvalue weighted by molar-refractivity contribution is 5.93. The number of nitrogens with zero attached hydrogens (tertiary/aromatic N) is 1. The molecular formula is C11H16N2O4. The number of aromatic nitrogens is 1. The topological polar surface area (TPSA) is 91.6 Å². The highest BCUT2D eigenvalue weighted by Gasteiger charge is 2.30. The number of carboxylic acid groups (broad SMARTS) is 1. The zero-order chi connectivity index (χ0) is 13.1. The average Bonchev–Trinajstić information content (AvgIpc) is 2.73. The van der Waals surface area contributed by atoms with Gasteiger partial charge >= 0.3 is 5.97 Å². The van der Waals surface area contributed by atoms with E-state index in [1.807, 2.05) is 6.92 Å². The van der Waals surface area contributed by atoms with Crippen LogP contribution in [0, 0.1) is 0 Å². The molecule has 0 aliphatic rings. The maximum Gasteiger partial charge on any atom is 0.337 e. The van der Waals surface area contributed by atoms with E-state index in [4.69, 9.17) is 5.11 Å². The molecule has 0 saturated carbocycles. The number of rotatable bonds is 5. The zero-order valence-electron chi connectivity index (χ0n) is 9.80. The summed E-state index contributed by atoms with van der Waals surface area (Å²) in [4.78, 5) is 22.4. The minimum absolute atomic E-state index is 0.337. The first-order valence-corrected chi connectivity index (χ1v) is 5.27. The number of carboxylic acids is 1. The summed E-state index contributed by atoms with van der Waals surface area (Å²) in [5.41, 5.74) is -1.52. The van der Waals surface area contributed by atoms with Crippen LogP contribution in [-0.2, 0) is 11.3 Å². The molecule has 17 heavy (non-hydrogen) atoms. The van der Waals surface area contributed by atoms with Gasteiger partial charge in [-0.3, -0.25) is 4.79 Å². The van der Waals surface area contributed by atoms with Crippen molar-refractivity contribution in [1.29, 1.82) is 0 Å². The summed E-state index contributed by atoms with van der Waals surface area (Å²) in [7, 11) is 0. The molecule has 6 heteroatoms.